The minimum absolute atomic E-state index is 0.731. The maximum absolute atomic E-state index is 4.91. The third kappa shape index (κ3) is 3.37. The summed E-state index contributed by atoms with van der Waals surface area (Å²) in [4.78, 5) is 29.9. The summed E-state index contributed by atoms with van der Waals surface area (Å²) < 4.78 is 0. The normalized spacial score (nSPS) is 14.5. The van der Waals surface area contributed by atoms with Crippen molar-refractivity contribution >= 4 is 33.2 Å². The number of rotatable bonds is 3. The van der Waals surface area contributed by atoms with Gasteiger partial charge in [-0.15, -0.1) is 11.3 Å². The molecule has 0 amide bonds. The Kier molecular flexibility index (Phi) is 4.78. The Balaban J connectivity index is 1.41. The number of hydrogen-bond acceptors (Lipinski definition) is 8. The predicted molar refractivity (Wildman–Crippen MR) is 121 cm³/mol. The summed E-state index contributed by atoms with van der Waals surface area (Å²) in [5, 5.41) is 1.15. The highest BCUT2D eigenvalue weighted by atomic mass is 32.1. The van der Waals surface area contributed by atoms with Gasteiger partial charge in [-0.3, -0.25) is 4.98 Å². The van der Waals surface area contributed by atoms with E-state index in [0.717, 1.165) is 70.7 Å². The van der Waals surface area contributed by atoms with Crippen LogP contribution in [0.2, 0.25) is 0 Å². The largest absolute Gasteiger partial charge is 0.353 e. The van der Waals surface area contributed by atoms with E-state index >= 15 is 0 Å². The number of fused-ring (bicyclic) bond motifs is 1. The Morgan fingerprint density at radius 2 is 1.70 bits per heavy atom. The zero-order chi connectivity index (χ0) is 20.7. The van der Waals surface area contributed by atoms with Gasteiger partial charge in [-0.1, -0.05) is 0 Å². The van der Waals surface area contributed by atoms with Crippen LogP contribution in [-0.2, 0) is 0 Å². The van der Waals surface area contributed by atoms with E-state index in [-0.39, 0.29) is 0 Å². The molecule has 0 saturated carbocycles. The molecule has 0 bridgehead atoms. The lowest BCUT2D eigenvalue weighted by molar-refractivity contribution is 0.640. The molecule has 4 aromatic heterocycles. The molecule has 152 valence electrons. The number of pyridine rings is 1. The van der Waals surface area contributed by atoms with Gasteiger partial charge in [0.05, 0.1) is 5.39 Å². The van der Waals surface area contributed by atoms with Crippen LogP contribution in [0.25, 0.3) is 21.6 Å². The lowest BCUT2D eigenvalue weighted by atomic mass is 10.2. The van der Waals surface area contributed by atoms with Crippen LogP contribution in [0.4, 0.5) is 11.6 Å². The van der Waals surface area contributed by atoms with E-state index in [9.17, 15) is 0 Å². The highest BCUT2D eigenvalue weighted by molar-refractivity contribution is 7.18. The third-order valence-corrected chi connectivity index (χ3v) is 6.55. The van der Waals surface area contributed by atoms with Gasteiger partial charge in [0.15, 0.2) is 5.82 Å². The first kappa shape index (κ1) is 18.9. The van der Waals surface area contributed by atoms with Crippen molar-refractivity contribution < 1.29 is 0 Å². The summed E-state index contributed by atoms with van der Waals surface area (Å²) in [7, 11) is 0. The van der Waals surface area contributed by atoms with Crippen LogP contribution < -0.4 is 9.80 Å². The average molecular weight is 418 g/mol. The molecule has 1 aliphatic heterocycles. The van der Waals surface area contributed by atoms with E-state index in [0.29, 0.717) is 0 Å². The van der Waals surface area contributed by atoms with Gasteiger partial charge in [0.1, 0.15) is 22.8 Å². The van der Waals surface area contributed by atoms with Crippen LogP contribution in [0.15, 0.2) is 36.9 Å². The van der Waals surface area contributed by atoms with Crippen molar-refractivity contribution in [3.63, 3.8) is 0 Å². The van der Waals surface area contributed by atoms with Crippen LogP contribution in [-0.4, -0.2) is 51.1 Å². The molecular weight excluding hydrogens is 394 g/mol. The second-order valence-electron chi connectivity index (χ2n) is 7.57. The predicted octanol–water partition coefficient (Wildman–Crippen LogP) is 3.80. The molecule has 0 spiro atoms. The van der Waals surface area contributed by atoms with Gasteiger partial charge in [0.2, 0.25) is 0 Å². The Labute approximate surface area is 179 Å². The molecular formula is C22H23N7S. The van der Waals surface area contributed by atoms with Crippen molar-refractivity contribution in [1.29, 1.82) is 0 Å². The van der Waals surface area contributed by atoms with E-state index < -0.39 is 0 Å². The van der Waals surface area contributed by atoms with Gasteiger partial charge in [-0.05, 0) is 39.0 Å². The Morgan fingerprint density at radius 1 is 0.933 bits per heavy atom. The van der Waals surface area contributed by atoms with E-state index in [4.69, 9.17) is 9.97 Å². The van der Waals surface area contributed by atoms with Gasteiger partial charge >= 0.3 is 0 Å². The Hall–Kier alpha value is -3.13. The van der Waals surface area contributed by atoms with Crippen LogP contribution in [0.1, 0.15) is 16.1 Å². The number of aromatic nitrogens is 5. The topological polar surface area (TPSA) is 70.9 Å². The summed E-state index contributed by atoms with van der Waals surface area (Å²) in [5.74, 6) is 2.78. The Bertz CT molecular complexity index is 1200. The first-order valence-electron chi connectivity index (χ1n) is 10.1. The molecule has 0 aromatic carbocycles. The molecule has 0 N–H and O–H groups in total. The molecule has 0 unspecified atom stereocenters. The van der Waals surface area contributed by atoms with E-state index in [1.807, 2.05) is 25.3 Å². The molecule has 30 heavy (non-hydrogen) atoms. The molecule has 5 rings (SSSR count). The number of nitrogens with zero attached hydrogens (tertiary/aromatic N) is 7. The zero-order valence-corrected chi connectivity index (χ0v) is 18.1. The highest BCUT2D eigenvalue weighted by Crippen LogP contribution is 2.31. The van der Waals surface area contributed by atoms with Gasteiger partial charge < -0.3 is 9.80 Å². The van der Waals surface area contributed by atoms with Crippen molar-refractivity contribution in [2.75, 3.05) is 36.0 Å². The van der Waals surface area contributed by atoms with Crippen molar-refractivity contribution in [3.05, 3.63) is 53.1 Å². The lowest BCUT2D eigenvalue weighted by Gasteiger charge is -2.37. The van der Waals surface area contributed by atoms with Crippen molar-refractivity contribution in [3.8, 4) is 11.4 Å². The average Bonchev–Trinajstić information content (AvgIpc) is 3.16. The second kappa shape index (κ2) is 7.60. The number of piperazine rings is 1. The maximum atomic E-state index is 4.91. The molecule has 0 atom stereocenters. The molecule has 7 nitrogen and oxygen atoms in total. The minimum Gasteiger partial charge on any atom is -0.353 e. The van der Waals surface area contributed by atoms with Gasteiger partial charge in [-0.2, -0.15) is 0 Å². The van der Waals surface area contributed by atoms with E-state index in [1.165, 1.54) is 4.88 Å². The highest BCUT2D eigenvalue weighted by Gasteiger charge is 2.23. The molecule has 5 heterocycles. The lowest BCUT2D eigenvalue weighted by Crippen LogP contribution is -2.47. The van der Waals surface area contributed by atoms with E-state index in [1.54, 1.807) is 23.9 Å². The smallest absolute Gasteiger partial charge is 0.163 e. The van der Waals surface area contributed by atoms with Gasteiger partial charge in [0, 0.05) is 60.3 Å². The SMILES string of the molecule is Cc1cc2c(N3CCN(c4nc(-c5cccnc5)nc(C)c4C)CC3)ncnc2s1. The Morgan fingerprint density at radius 3 is 2.43 bits per heavy atom. The summed E-state index contributed by atoms with van der Waals surface area (Å²) in [5.41, 5.74) is 3.08. The van der Waals surface area contributed by atoms with Crippen LogP contribution in [0.3, 0.4) is 0 Å². The minimum atomic E-state index is 0.731. The van der Waals surface area contributed by atoms with Crippen LogP contribution in [0.5, 0.6) is 0 Å². The number of aryl methyl sites for hydroxylation is 2. The molecule has 1 aliphatic rings. The van der Waals surface area contributed by atoms with Gasteiger partial charge in [0.25, 0.3) is 0 Å². The molecule has 1 saturated heterocycles. The maximum Gasteiger partial charge on any atom is 0.163 e. The fourth-order valence-electron chi connectivity index (χ4n) is 3.89. The summed E-state index contributed by atoms with van der Waals surface area (Å²) in [6.45, 7) is 9.83. The van der Waals surface area contributed by atoms with E-state index in [2.05, 4.69) is 44.7 Å². The molecule has 4 aromatic rings. The van der Waals surface area contributed by atoms with Crippen molar-refractivity contribution in [2.24, 2.45) is 0 Å². The summed E-state index contributed by atoms with van der Waals surface area (Å²) >= 11 is 1.72. The molecule has 0 radical (unpaired) electrons. The monoisotopic (exact) mass is 417 g/mol. The van der Waals surface area contributed by atoms with Crippen molar-refractivity contribution in [1.82, 2.24) is 24.9 Å². The van der Waals surface area contributed by atoms with Crippen LogP contribution in [0, 0.1) is 20.8 Å². The second-order valence-corrected chi connectivity index (χ2v) is 8.80. The number of anilines is 2. The zero-order valence-electron chi connectivity index (χ0n) is 17.3. The van der Waals surface area contributed by atoms with Crippen molar-refractivity contribution in [2.45, 2.75) is 20.8 Å². The quantitative estimate of drug-likeness (QED) is 0.502. The summed E-state index contributed by atoms with van der Waals surface area (Å²) in [6, 6.07) is 6.11. The fourth-order valence-corrected chi connectivity index (χ4v) is 4.73. The standard InChI is InChI=1S/C22H23N7S/c1-14-11-18-21(24-13-25-22(18)30-14)29-9-7-28(8-10-29)20-15(2)16(3)26-19(27-20)17-5-4-6-23-12-17/h4-6,11-13H,7-10H2,1-3H3. The third-order valence-electron chi connectivity index (χ3n) is 5.59. The first-order chi connectivity index (χ1) is 14.6. The molecule has 1 fully saturated rings. The van der Waals surface area contributed by atoms with Gasteiger partial charge in [-0.25, -0.2) is 19.9 Å². The van der Waals surface area contributed by atoms with Crippen LogP contribution >= 0.6 is 11.3 Å². The molecule has 8 heteroatoms. The molecule has 0 aliphatic carbocycles. The fraction of sp³-hybridized carbons (Fsp3) is 0.318. The summed E-state index contributed by atoms with van der Waals surface area (Å²) in [6.07, 6.45) is 5.26. The number of hydrogen-bond donors (Lipinski definition) is 0. The number of thiophene rings is 1. The first-order valence-corrected chi connectivity index (χ1v) is 10.9.